The van der Waals surface area contributed by atoms with Gasteiger partial charge in [-0.2, -0.15) is 0 Å². The summed E-state index contributed by atoms with van der Waals surface area (Å²) in [5, 5.41) is 5.70. The highest BCUT2D eigenvalue weighted by Crippen LogP contribution is 2.12. The molecule has 16 heavy (non-hydrogen) atoms. The van der Waals surface area contributed by atoms with Gasteiger partial charge in [-0.3, -0.25) is 0 Å². The van der Waals surface area contributed by atoms with E-state index in [9.17, 15) is 0 Å². The summed E-state index contributed by atoms with van der Waals surface area (Å²) in [6.45, 7) is 6.00. The molecule has 0 amide bonds. The minimum atomic E-state index is 0.920. The van der Waals surface area contributed by atoms with Crippen molar-refractivity contribution in [3.8, 4) is 0 Å². The van der Waals surface area contributed by atoms with Crippen LogP contribution in [0.3, 0.4) is 0 Å². The topological polar surface area (TPSA) is 37.8 Å². The molecule has 0 aliphatic carbocycles. The van der Waals surface area contributed by atoms with E-state index in [0.29, 0.717) is 0 Å². The van der Waals surface area contributed by atoms with Crippen LogP contribution in [0.25, 0.3) is 0 Å². The first-order valence-corrected chi connectivity index (χ1v) is 6.90. The van der Waals surface area contributed by atoms with Gasteiger partial charge in [0.1, 0.15) is 0 Å². The van der Waals surface area contributed by atoms with Gasteiger partial charge in [0.2, 0.25) is 0 Å². The SMILES string of the molecule is Cc1ncc(CCNCc2cnc(C)s2)s1. The van der Waals surface area contributed by atoms with Crippen molar-refractivity contribution < 1.29 is 0 Å². The first-order valence-electron chi connectivity index (χ1n) is 5.27. The van der Waals surface area contributed by atoms with E-state index < -0.39 is 0 Å². The van der Waals surface area contributed by atoms with Gasteiger partial charge < -0.3 is 5.32 Å². The van der Waals surface area contributed by atoms with Crippen LogP contribution in [0.5, 0.6) is 0 Å². The molecular weight excluding hydrogens is 238 g/mol. The molecule has 0 fully saturated rings. The lowest BCUT2D eigenvalue weighted by atomic mass is 10.4. The van der Waals surface area contributed by atoms with Crippen LogP contribution in [-0.2, 0) is 13.0 Å². The van der Waals surface area contributed by atoms with Crippen molar-refractivity contribution in [1.82, 2.24) is 15.3 Å². The molecule has 0 aliphatic rings. The summed E-state index contributed by atoms with van der Waals surface area (Å²) in [7, 11) is 0. The Kier molecular flexibility index (Phi) is 4.04. The van der Waals surface area contributed by atoms with Gasteiger partial charge in [0.05, 0.1) is 10.0 Å². The van der Waals surface area contributed by atoms with Crippen LogP contribution in [-0.4, -0.2) is 16.5 Å². The van der Waals surface area contributed by atoms with Gasteiger partial charge in [-0.05, 0) is 20.3 Å². The standard InChI is InChI=1S/C11H15N3S2/c1-8-13-6-10(15-8)3-4-12-5-11-7-14-9(2)16-11/h6-7,12H,3-5H2,1-2H3. The Hall–Kier alpha value is -0.780. The number of hydrogen-bond acceptors (Lipinski definition) is 5. The Balaban J connectivity index is 1.69. The summed E-state index contributed by atoms with van der Waals surface area (Å²) in [5.41, 5.74) is 0. The zero-order valence-electron chi connectivity index (χ0n) is 9.49. The number of hydrogen-bond donors (Lipinski definition) is 1. The first kappa shape index (κ1) is 11.7. The third kappa shape index (κ3) is 3.37. The van der Waals surface area contributed by atoms with Gasteiger partial charge in [0.15, 0.2) is 0 Å². The number of thiazole rings is 2. The van der Waals surface area contributed by atoms with Gasteiger partial charge in [-0.15, -0.1) is 22.7 Å². The summed E-state index contributed by atoms with van der Waals surface area (Å²) >= 11 is 3.53. The average molecular weight is 253 g/mol. The van der Waals surface area contributed by atoms with Crippen molar-refractivity contribution in [2.24, 2.45) is 0 Å². The molecule has 3 nitrogen and oxygen atoms in total. The first-order chi connectivity index (χ1) is 7.74. The maximum atomic E-state index is 4.24. The molecule has 2 aromatic heterocycles. The minimum Gasteiger partial charge on any atom is -0.311 e. The molecule has 0 radical (unpaired) electrons. The monoisotopic (exact) mass is 253 g/mol. The van der Waals surface area contributed by atoms with Crippen LogP contribution in [0.1, 0.15) is 19.8 Å². The van der Waals surface area contributed by atoms with Crippen molar-refractivity contribution >= 4 is 22.7 Å². The smallest absolute Gasteiger partial charge is 0.0897 e. The molecule has 2 aromatic rings. The second-order valence-corrected chi connectivity index (χ2v) is 6.26. The van der Waals surface area contributed by atoms with Gasteiger partial charge >= 0.3 is 0 Å². The summed E-state index contributed by atoms with van der Waals surface area (Å²) in [6.07, 6.45) is 4.98. The molecule has 2 rings (SSSR count). The molecule has 0 atom stereocenters. The number of rotatable bonds is 5. The van der Waals surface area contributed by atoms with E-state index in [0.717, 1.165) is 29.5 Å². The normalized spacial score (nSPS) is 10.9. The van der Waals surface area contributed by atoms with Gasteiger partial charge in [0.25, 0.3) is 0 Å². The van der Waals surface area contributed by atoms with Crippen molar-refractivity contribution in [1.29, 1.82) is 0 Å². The highest BCUT2D eigenvalue weighted by atomic mass is 32.1. The number of aromatic nitrogens is 2. The lowest BCUT2D eigenvalue weighted by molar-refractivity contribution is 0.696. The lowest BCUT2D eigenvalue weighted by Gasteiger charge is -2.00. The molecule has 0 spiro atoms. The van der Waals surface area contributed by atoms with Crippen molar-refractivity contribution in [3.05, 3.63) is 32.2 Å². The van der Waals surface area contributed by atoms with Crippen LogP contribution in [0.4, 0.5) is 0 Å². The van der Waals surface area contributed by atoms with E-state index in [-0.39, 0.29) is 0 Å². The van der Waals surface area contributed by atoms with E-state index in [2.05, 4.69) is 15.3 Å². The molecule has 86 valence electrons. The largest absolute Gasteiger partial charge is 0.311 e. The molecule has 0 saturated carbocycles. The molecular formula is C11H15N3S2. The predicted octanol–water partition coefficient (Wildman–Crippen LogP) is 2.55. The predicted molar refractivity (Wildman–Crippen MR) is 69.1 cm³/mol. The molecule has 0 saturated heterocycles. The van der Waals surface area contributed by atoms with Crippen LogP contribution in [0.2, 0.25) is 0 Å². The molecule has 2 heterocycles. The van der Waals surface area contributed by atoms with Gasteiger partial charge in [-0.25, -0.2) is 9.97 Å². The van der Waals surface area contributed by atoms with Crippen molar-refractivity contribution in [3.63, 3.8) is 0 Å². The summed E-state index contributed by atoms with van der Waals surface area (Å²) in [5.74, 6) is 0. The Morgan fingerprint density at radius 3 is 2.25 bits per heavy atom. The molecule has 0 unspecified atom stereocenters. The highest BCUT2D eigenvalue weighted by molar-refractivity contribution is 7.11. The third-order valence-electron chi connectivity index (χ3n) is 2.19. The van der Waals surface area contributed by atoms with Crippen LogP contribution in [0, 0.1) is 13.8 Å². The number of nitrogens with one attached hydrogen (secondary N) is 1. The summed E-state index contributed by atoms with van der Waals surface area (Å²) in [4.78, 5) is 11.1. The maximum absolute atomic E-state index is 4.24. The van der Waals surface area contributed by atoms with Crippen LogP contribution in [0.15, 0.2) is 12.4 Å². The molecule has 5 heteroatoms. The fourth-order valence-corrected chi connectivity index (χ4v) is 2.99. The molecule has 0 bridgehead atoms. The second-order valence-electron chi connectivity index (χ2n) is 3.62. The highest BCUT2D eigenvalue weighted by Gasteiger charge is 1.99. The average Bonchev–Trinajstić information content (AvgIpc) is 2.83. The van der Waals surface area contributed by atoms with Gasteiger partial charge in [0, 0.05) is 35.2 Å². The Morgan fingerprint density at radius 2 is 1.69 bits per heavy atom. The number of nitrogens with zero attached hydrogens (tertiary/aromatic N) is 2. The maximum Gasteiger partial charge on any atom is 0.0897 e. The third-order valence-corrected chi connectivity index (χ3v) is 4.07. The Bertz CT molecular complexity index is 405. The van der Waals surface area contributed by atoms with Crippen molar-refractivity contribution in [2.75, 3.05) is 6.54 Å². The fourth-order valence-electron chi connectivity index (χ4n) is 1.43. The van der Waals surface area contributed by atoms with Gasteiger partial charge in [-0.1, -0.05) is 0 Å². The quantitative estimate of drug-likeness (QED) is 0.832. The van der Waals surface area contributed by atoms with Crippen LogP contribution >= 0.6 is 22.7 Å². The molecule has 1 N–H and O–H groups in total. The van der Waals surface area contributed by atoms with E-state index in [1.54, 1.807) is 22.7 Å². The zero-order chi connectivity index (χ0) is 11.4. The summed E-state index contributed by atoms with van der Waals surface area (Å²) in [6, 6.07) is 0. The zero-order valence-corrected chi connectivity index (χ0v) is 11.1. The lowest BCUT2D eigenvalue weighted by Crippen LogP contribution is -2.15. The summed E-state index contributed by atoms with van der Waals surface area (Å²) < 4.78 is 0. The van der Waals surface area contributed by atoms with E-state index in [1.807, 2.05) is 26.2 Å². The molecule has 0 aliphatic heterocycles. The Morgan fingerprint density at radius 1 is 1.06 bits per heavy atom. The van der Waals surface area contributed by atoms with E-state index in [4.69, 9.17) is 0 Å². The van der Waals surface area contributed by atoms with E-state index in [1.165, 1.54) is 9.75 Å². The van der Waals surface area contributed by atoms with Crippen molar-refractivity contribution in [2.45, 2.75) is 26.8 Å². The number of aryl methyl sites for hydroxylation is 2. The minimum absolute atomic E-state index is 0.920. The second kappa shape index (κ2) is 5.52. The van der Waals surface area contributed by atoms with E-state index >= 15 is 0 Å². The Labute approximate surface area is 104 Å². The van der Waals surface area contributed by atoms with Crippen LogP contribution < -0.4 is 5.32 Å². The fraction of sp³-hybridized carbons (Fsp3) is 0.455. The molecule has 0 aromatic carbocycles.